The molecule has 0 bridgehead atoms. The van der Waals surface area contributed by atoms with E-state index in [4.69, 9.17) is 4.74 Å². The summed E-state index contributed by atoms with van der Waals surface area (Å²) in [6.45, 7) is 2.11. The second kappa shape index (κ2) is 6.84. The quantitative estimate of drug-likeness (QED) is 0.825. The van der Waals surface area contributed by atoms with Gasteiger partial charge in [-0.2, -0.15) is 11.3 Å². The van der Waals surface area contributed by atoms with E-state index in [1.54, 1.807) is 22.7 Å². The molecule has 0 aliphatic rings. The van der Waals surface area contributed by atoms with Crippen molar-refractivity contribution in [3.05, 3.63) is 44.8 Å². The Morgan fingerprint density at radius 3 is 2.84 bits per heavy atom. The first-order chi connectivity index (χ1) is 9.20. The number of carbonyl (C=O) groups is 1. The van der Waals surface area contributed by atoms with Gasteiger partial charge in [0.2, 0.25) is 0 Å². The fraction of sp³-hybridized carbons (Fsp3) is 0.357. The third kappa shape index (κ3) is 3.89. The van der Waals surface area contributed by atoms with E-state index in [1.165, 1.54) is 12.7 Å². The average Bonchev–Trinajstić information content (AvgIpc) is 3.10. The highest BCUT2D eigenvalue weighted by Crippen LogP contribution is 2.26. The molecule has 0 radical (unpaired) electrons. The number of methoxy groups -OCH3 is 1. The molecule has 2 rings (SSSR count). The van der Waals surface area contributed by atoms with Gasteiger partial charge in [-0.25, -0.2) is 0 Å². The highest BCUT2D eigenvalue weighted by atomic mass is 32.1. The highest BCUT2D eigenvalue weighted by Gasteiger charge is 2.20. The number of rotatable bonds is 6. The van der Waals surface area contributed by atoms with E-state index in [2.05, 4.69) is 29.1 Å². The Morgan fingerprint density at radius 2 is 2.26 bits per heavy atom. The molecule has 0 aliphatic heterocycles. The lowest BCUT2D eigenvalue weighted by molar-refractivity contribution is -0.141. The second-order valence-corrected chi connectivity index (χ2v) is 6.05. The first-order valence-electron chi connectivity index (χ1n) is 6.09. The van der Waals surface area contributed by atoms with Crippen molar-refractivity contribution in [3.63, 3.8) is 0 Å². The van der Waals surface area contributed by atoms with Crippen LogP contribution in [0.25, 0.3) is 0 Å². The van der Waals surface area contributed by atoms with E-state index in [0.29, 0.717) is 6.42 Å². The van der Waals surface area contributed by atoms with Gasteiger partial charge in [-0.05, 0) is 40.8 Å². The first-order valence-corrected chi connectivity index (χ1v) is 7.91. The van der Waals surface area contributed by atoms with E-state index in [-0.39, 0.29) is 18.1 Å². The molecule has 2 aromatic heterocycles. The van der Waals surface area contributed by atoms with E-state index in [1.807, 2.05) is 17.5 Å². The van der Waals surface area contributed by atoms with Gasteiger partial charge >= 0.3 is 5.97 Å². The van der Waals surface area contributed by atoms with Crippen LogP contribution in [0.3, 0.4) is 0 Å². The number of carbonyl (C=O) groups excluding carboxylic acids is 1. The van der Waals surface area contributed by atoms with Crippen molar-refractivity contribution in [2.45, 2.75) is 25.4 Å². The zero-order valence-corrected chi connectivity index (χ0v) is 12.6. The van der Waals surface area contributed by atoms with Crippen LogP contribution < -0.4 is 5.32 Å². The molecule has 0 amide bonds. The van der Waals surface area contributed by atoms with Crippen molar-refractivity contribution < 1.29 is 9.53 Å². The van der Waals surface area contributed by atoms with Gasteiger partial charge in [0.15, 0.2) is 0 Å². The summed E-state index contributed by atoms with van der Waals surface area (Å²) in [5.41, 5.74) is 1.25. The molecule has 2 atom stereocenters. The smallest absolute Gasteiger partial charge is 0.307 e. The maximum absolute atomic E-state index is 11.5. The minimum Gasteiger partial charge on any atom is -0.469 e. The van der Waals surface area contributed by atoms with E-state index >= 15 is 0 Å². The number of nitrogens with one attached hydrogen (secondary N) is 1. The van der Waals surface area contributed by atoms with E-state index in [9.17, 15) is 4.79 Å². The van der Waals surface area contributed by atoms with Gasteiger partial charge in [-0.15, -0.1) is 11.3 Å². The lowest BCUT2D eigenvalue weighted by atomic mass is 10.1. The fourth-order valence-corrected chi connectivity index (χ4v) is 3.44. The molecule has 2 heterocycles. The van der Waals surface area contributed by atoms with Crippen LogP contribution >= 0.6 is 22.7 Å². The largest absolute Gasteiger partial charge is 0.469 e. The fourth-order valence-electron chi connectivity index (χ4n) is 1.90. The third-order valence-corrected chi connectivity index (χ3v) is 4.67. The molecule has 0 fully saturated rings. The predicted molar refractivity (Wildman–Crippen MR) is 79.6 cm³/mol. The Hall–Kier alpha value is -1.17. The first kappa shape index (κ1) is 14.2. The molecule has 0 saturated heterocycles. The van der Waals surface area contributed by atoms with E-state index in [0.717, 1.165) is 4.88 Å². The Kier molecular flexibility index (Phi) is 5.13. The summed E-state index contributed by atoms with van der Waals surface area (Å²) in [5.74, 6) is -0.191. The number of hydrogen-bond acceptors (Lipinski definition) is 5. The lowest BCUT2D eigenvalue weighted by Gasteiger charge is -2.21. The third-order valence-electron chi connectivity index (χ3n) is 2.98. The normalized spacial score (nSPS) is 14.0. The number of hydrogen-bond donors (Lipinski definition) is 1. The van der Waals surface area contributed by atoms with Crippen LogP contribution in [0.5, 0.6) is 0 Å². The van der Waals surface area contributed by atoms with Crippen molar-refractivity contribution in [3.8, 4) is 0 Å². The summed E-state index contributed by atoms with van der Waals surface area (Å²) in [7, 11) is 1.43. The molecular weight excluding hydrogens is 278 g/mol. The van der Waals surface area contributed by atoms with Crippen LogP contribution in [0.15, 0.2) is 34.3 Å². The van der Waals surface area contributed by atoms with Gasteiger partial charge in [0.25, 0.3) is 0 Å². The summed E-state index contributed by atoms with van der Waals surface area (Å²) >= 11 is 3.34. The molecule has 19 heavy (non-hydrogen) atoms. The van der Waals surface area contributed by atoms with Crippen molar-refractivity contribution in [2.24, 2.45) is 0 Å². The summed E-state index contributed by atoms with van der Waals surface area (Å²) in [4.78, 5) is 12.7. The Balaban J connectivity index is 2.07. The van der Waals surface area contributed by atoms with E-state index < -0.39 is 0 Å². The molecule has 2 unspecified atom stereocenters. The molecule has 5 heteroatoms. The molecular formula is C14H17NO2S2. The SMILES string of the molecule is COC(=O)CC(NC(C)c1ccsc1)c1cccs1. The second-order valence-electron chi connectivity index (χ2n) is 4.29. The zero-order chi connectivity index (χ0) is 13.7. The van der Waals surface area contributed by atoms with Crippen molar-refractivity contribution >= 4 is 28.6 Å². The number of thiophene rings is 2. The average molecular weight is 295 g/mol. The molecule has 0 saturated carbocycles. The van der Waals surface area contributed by atoms with Crippen molar-refractivity contribution in [2.75, 3.05) is 7.11 Å². The van der Waals surface area contributed by atoms with Crippen molar-refractivity contribution in [1.82, 2.24) is 5.32 Å². The van der Waals surface area contributed by atoms with Gasteiger partial charge in [0, 0.05) is 10.9 Å². The minimum atomic E-state index is -0.191. The molecule has 3 nitrogen and oxygen atoms in total. The molecule has 2 aromatic rings. The molecule has 0 spiro atoms. The van der Waals surface area contributed by atoms with Crippen molar-refractivity contribution in [1.29, 1.82) is 0 Å². The van der Waals surface area contributed by atoms with Gasteiger partial charge < -0.3 is 10.1 Å². The van der Waals surface area contributed by atoms with Crippen LogP contribution in [0, 0.1) is 0 Å². The summed E-state index contributed by atoms with van der Waals surface area (Å²) < 4.78 is 4.78. The Bertz CT molecular complexity index is 494. The highest BCUT2D eigenvalue weighted by molar-refractivity contribution is 7.10. The molecule has 102 valence electrons. The Morgan fingerprint density at radius 1 is 1.42 bits per heavy atom. The topological polar surface area (TPSA) is 38.3 Å². The number of ether oxygens (including phenoxy) is 1. The predicted octanol–water partition coefficient (Wildman–Crippen LogP) is 3.76. The van der Waals surface area contributed by atoms with Crippen LogP contribution in [-0.2, 0) is 9.53 Å². The van der Waals surface area contributed by atoms with Gasteiger partial charge in [0.05, 0.1) is 19.6 Å². The van der Waals surface area contributed by atoms with Crippen LogP contribution in [0.1, 0.15) is 35.9 Å². The maximum Gasteiger partial charge on any atom is 0.307 e. The standard InChI is InChI=1S/C14H17NO2S2/c1-10(11-5-7-18-9-11)15-12(8-14(16)17-2)13-4-3-6-19-13/h3-7,9-10,12,15H,8H2,1-2H3. The zero-order valence-electron chi connectivity index (χ0n) is 11.0. The summed E-state index contributed by atoms with van der Waals surface area (Å²) in [6.07, 6.45) is 0.353. The van der Waals surface area contributed by atoms with Gasteiger partial charge in [-0.3, -0.25) is 4.79 Å². The van der Waals surface area contributed by atoms with Gasteiger partial charge in [0.1, 0.15) is 0 Å². The summed E-state index contributed by atoms with van der Waals surface area (Å²) in [5, 5.41) is 9.72. The lowest BCUT2D eigenvalue weighted by Crippen LogP contribution is -2.26. The maximum atomic E-state index is 11.5. The minimum absolute atomic E-state index is 0.00218. The van der Waals surface area contributed by atoms with Crippen LogP contribution in [0.4, 0.5) is 0 Å². The molecule has 0 aromatic carbocycles. The Labute approximate surface area is 121 Å². The van der Waals surface area contributed by atoms with Crippen LogP contribution in [-0.4, -0.2) is 13.1 Å². The summed E-state index contributed by atoms with van der Waals surface area (Å²) in [6, 6.07) is 6.36. The van der Waals surface area contributed by atoms with Gasteiger partial charge in [-0.1, -0.05) is 6.07 Å². The monoisotopic (exact) mass is 295 g/mol. The van der Waals surface area contributed by atoms with Crippen LogP contribution in [0.2, 0.25) is 0 Å². The number of esters is 1. The molecule has 1 N–H and O–H groups in total. The molecule has 0 aliphatic carbocycles.